The average molecular weight is 342 g/mol. The zero-order valence-electron chi connectivity index (χ0n) is 14.1. The molecule has 0 radical (unpaired) electrons. The molecule has 1 fully saturated rings. The lowest BCUT2D eigenvalue weighted by Crippen LogP contribution is -2.36. The van der Waals surface area contributed by atoms with Gasteiger partial charge in [0.15, 0.2) is 5.11 Å². The maximum Gasteiger partial charge on any atom is 0.173 e. The first kappa shape index (κ1) is 16.9. The summed E-state index contributed by atoms with van der Waals surface area (Å²) in [6.45, 7) is 5.20. The van der Waals surface area contributed by atoms with Gasteiger partial charge < -0.3 is 10.2 Å². The normalized spacial score (nSPS) is 13.8. The minimum atomic E-state index is -0.240. The second-order valence-electron chi connectivity index (χ2n) is 6.69. The topological polar surface area (TPSA) is 15.3 Å². The summed E-state index contributed by atoms with van der Waals surface area (Å²) >= 11 is 5.59. The van der Waals surface area contributed by atoms with Crippen molar-refractivity contribution in [2.45, 2.75) is 45.2 Å². The van der Waals surface area contributed by atoms with E-state index in [0.29, 0.717) is 17.1 Å². The van der Waals surface area contributed by atoms with Crippen molar-refractivity contribution in [1.29, 1.82) is 0 Å². The van der Waals surface area contributed by atoms with Crippen LogP contribution in [-0.4, -0.2) is 16.1 Å². The molecule has 0 unspecified atom stereocenters. The highest BCUT2D eigenvalue weighted by Gasteiger charge is 2.30. The van der Waals surface area contributed by atoms with Crippen molar-refractivity contribution in [3.8, 4) is 0 Å². The second-order valence-corrected chi connectivity index (χ2v) is 7.08. The third-order valence-electron chi connectivity index (χ3n) is 4.34. The third kappa shape index (κ3) is 4.32. The van der Waals surface area contributed by atoms with E-state index in [1.54, 1.807) is 12.1 Å². The Kier molecular flexibility index (Phi) is 5.14. The molecular weight excluding hydrogens is 319 g/mol. The lowest BCUT2D eigenvalue weighted by Gasteiger charge is -2.26. The van der Waals surface area contributed by atoms with Crippen LogP contribution in [0.5, 0.6) is 0 Å². The highest BCUT2D eigenvalue weighted by atomic mass is 32.1. The molecule has 3 rings (SSSR count). The zero-order valence-corrected chi connectivity index (χ0v) is 14.9. The Bertz CT molecular complexity index is 691. The standard InChI is InChI=1S/C20H23FN2S/c1-14(2)16-5-3-15(4-6-16)13-23(19-11-12-19)20(24)22-18-9-7-17(21)8-10-18/h3-10,14,19H,11-13H2,1-2H3,(H,22,24). The monoisotopic (exact) mass is 342 g/mol. The highest BCUT2D eigenvalue weighted by Crippen LogP contribution is 2.29. The maximum atomic E-state index is 13.0. The van der Waals surface area contributed by atoms with Crippen LogP contribution in [0.2, 0.25) is 0 Å². The van der Waals surface area contributed by atoms with Crippen molar-refractivity contribution in [3.63, 3.8) is 0 Å². The molecule has 1 N–H and O–H groups in total. The Morgan fingerprint density at radius 3 is 2.29 bits per heavy atom. The summed E-state index contributed by atoms with van der Waals surface area (Å²) < 4.78 is 13.0. The van der Waals surface area contributed by atoms with Crippen molar-refractivity contribution in [1.82, 2.24) is 4.90 Å². The molecule has 1 aliphatic rings. The van der Waals surface area contributed by atoms with Gasteiger partial charge in [0.05, 0.1) is 0 Å². The van der Waals surface area contributed by atoms with Gasteiger partial charge in [0.2, 0.25) is 0 Å². The van der Waals surface area contributed by atoms with Gasteiger partial charge >= 0.3 is 0 Å². The van der Waals surface area contributed by atoms with Crippen LogP contribution in [0.25, 0.3) is 0 Å². The third-order valence-corrected chi connectivity index (χ3v) is 4.68. The SMILES string of the molecule is CC(C)c1ccc(CN(C(=S)Nc2ccc(F)cc2)C2CC2)cc1. The van der Waals surface area contributed by atoms with E-state index in [0.717, 1.165) is 12.2 Å². The largest absolute Gasteiger partial charge is 0.342 e. The Labute approximate surface area is 148 Å². The average Bonchev–Trinajstić information content (AvgIpc) is 3.40. The summed E-state index contributed by atoms with van der Waals surface area (Å²) in [4.78, 5) is 2.24. The Morgan fingerprint density at radius 2 is 1.75 bits per heavy atom. The fourth-order valence-corrected chi connectivity index (χ4v) is 3.02. The van der Waals surface area contributed by atoms with Gasteiger partial charge in [-0.3, -0.25) is 0 Å². The molecule has 2 aromatic rings. The van der Waals surface area contributed by atoms with Crippen molar-refractivity contribution < 1.29 is 4.39 Å². The molecule has 2 aromatic carbocycles. The van der Waals surface area contributed by atoms with Gasteiger partial charge in [-0.1, -0.05) is 38.1 Å². The molecule has 0 saturated heterocycles. The van der Waals surface area contributed by atoms with Crippen LogP contribution in [0.3, 0.4) is 0 Å². The van der Waals surface area contributed by atoms with Crippen LogP contribution < -0.4 is 5.32 Å². The first-order valence-electron chi connectivity index (χ1n) is 8.45. The molecule has 126 valence electrons. The number of thiocarbonyl (C=S) groups is 1. The van der Waals surface area contributed by atoms with Gasteiger partial charge in [-0.25, -0.2) is 4.39 Å². The smallest absolute Gasteiger partial charge is 0.173 e. The van der Waals surface area contributed by atoms with Crippen molar-refractivity contribution in [2.24, 2.45) is 0 Å². The molecule has 0 bridgehead atoms. The zero-order chi connectivity index (χ0) is 17.1. The molecule has 0 atom stereocenters. The van der Waals surface area contributed by atoms with E-state index in [-0.39, 0.29) is 5.82 Å². The molecule has 0 amide bonds. The second kappa shape index (κ2) is 7.31. The van der Waals surface area contributed by atoms with Gasteiger partial charge in [0.25, 0.3) is 0 Å². The summed E-state index contributed by atoms with van der Waals surface area (Å²) in [6, 6.07) is 15.6. The van der Waals surface area contributed by atoms with E-state index >= 15 is 0 Å². The number of rotatable bonds is 5. The number of benzene rings is 2. The highest BCUT2D eigenvalue weighted by molar-refractivity contribution is 7.80. The Hall–Kier alpha value is -1.94. The number of anilines is 1. The van der Waals surface area contributed by atoms with E-state index in [9.17, 15) is 4.39 Å². The molecule has 24 heavy (non-hydrogen) atoms. The first-order valence-corrected chi connectivity index (χ1v) is 8.86. The van der Waals surface area contributed by atoms with E-state index in [4.69, 9.17) is 12.2 Å². The summed E-state index contributed by atoms with van der Waals surface area (Å²) in [5.41, 5.74) is 3.43. The van der Waals surface area contributed by atoms with Crippen LogP contribution in [0.15, 0.2) is 48.5 Å². The van der Waals surface area contributed by atoms with E-state index in [1.807, 2.05) is 0 Å². The molecule has 1 aliphatic carbocycles. The Balaban J connectivity index is 1.68. The van der Waals surface area contributed by atoms with Crippen LogP contribution in [0, 0.1) is 5.82 Å². The molecule has 0 aliphatic heterocycles. The molecule has 2 nitrogen and oxygen atoms in total. The van der Waals surface area contributed by atoms with Crippen molar-refractivity contribution >= 4 is 23.0 Å². The van der Waals surface area contributed by atoms with Crippen LogP contribution in [-0.2, 0) is 6.54 Å². The van der Waals surface area contributed by atoms with Crippen molar-refractivity contribution in [2.75, 3.05) is 5.32 Å². The minimum Gasteiger partial charge on any atom is -0.342 e. The molecular formula is C20H23FN2S. The molecule has 4 heteroatoms. The van der Waals surface area contributed by atoms with Crippen molar-refractivity contribution in [3.05, 3.63) is 65.5 Å². The molecule has 0 heterocycles. The van der Waals surface area contributed by atoms with Crippen LogP contribution >= 0.6 is 12.2 Å². The summed E-state index contributed by atoms with van der Waals surface area (Å²) in [7, 11) is 0. The number of halogens is 1. The van der Waals surface area contributed by atoms with Gasteiger partial charge in [-0.15, -0.1) is 0 Å². The Morgan fingerprint density at radius 1 is 1.12 bits per heavy atom. The molecule has 0 aromatic heterocycles. The van der Waals surface area contributed by atoms with Gasteiger partial charge in [0.1, 0.15) is 5.82 Å². The number of nitrogens with zero attached hydrogens (tertiary/aromatic N) is 1. The van der Waals surface area contributed by atoms with E-state index < -0.39 is 0 Å². The predicted octanol–water partition coefficient (Wildman–Crippen LogP) is 5.31. The number of nitrogens with one attached hydrogen (secondary N) is 1. The summed E-state index contributed by atoms with van der Waals surface area (Å²) in [5.74, 6) is 0.301. The fourth-order valence-electron chi connectivity index (χ4n) is 2.69. The summed E-state index contributed by atoms with van der Waals surface area (Å²) in [6.07, 6.45) is 2.35. The van der Waals surface area contributed by atoms with E-state index in [1.165, 1.54) is 36.1 Å². The van der Waals surface area contributed by atoms with Gasteiger partial charge in [0, 0.05) is 18.3 Å². The predicted molar refractivity (Wildman–Crippen MR) is 102 cm³/mol. The van der Waals surface area contributed by atoms with E-state index in [2.05, 4.69) is 48.3 Å². The first-order chi connectivity index (χ1) is 11.5. The van der Waals surface area contributed by atoms with Crippen LogP contribution in [0.1, 0.15) is 43.7 Å². The fraction of sp³-hybridized carbons (Fsp3) is 0.350. The lowest BCUT2D eigenvalue weighted by atomic mass is 10.0. The molecule has 1 saturated carbocycles. The van der Waals surface area contributed by atoms with Gasteiger partial charge in [-0.2, -0.15) is 0 Å². The maximum absolute atomic E-state index is 13.0. The number of hydrogen-bond acceptors (Lipinski definition) is 1. The van der Waals surface area contributed by atoms with Crippen LogP contribution in [0.4, 0.5) is 10.1 Å². The molecule has 0 spiro atoms. The summed E-state index contributed by atoms with van der Waals surface area (Å²) in [5, 5.41) is 3.94. The van der Waals surface area contributed by atoms with Gasteiger partial charge in [-0.05, 0) is 66.4 Å². The number of hydrogen-bond donors (Lipinski definition) is 1. The quantitative estimate of drug-likeness (QED) is 0.741. The lowest BCUT2D eigenvalue weighted by molar-refractivity contribution is 0.409. The minimum absolute atomic E-state index is 0.240.